The topological polar surface area (TPSA) is 117 Å². The molecule has 2 saturated heterocycles. The van der Waals surface area contributed by atoms with Crippen LogP contribution < -0.4 is 30.7 Å². The number of furan rings is 1. The molecule has 1 aromatic heterocycles. The molecular weight excluding hydrogens is 486 g/mol. The van der Waals surface area contributed by atoms with Crippen molar-refractivity contribution in [2.75, 3.05) is 40.0 Å². The molecule has 0 radical (unpaired) electrons. The Kier molecular flexibility index (Phi) is 6.69. The zero-order chi connectivity index (χ0) is 26.1. The van der Waals surface area contributed by atoms with Gasteiger partial charge in [-0.05, 0) is 68.2 Å². The van der Waals surface area contributed by atoms with E-state index in [4.69, 9.17) is 13.9 Å². The summed E-state index contributed by atoms with van der Waals surface area (Å²) in [6.45, 7) is 4.95. The Bertz CT molecular complexity index is 1350. The summed E-state index contributed by atoms with van der Waals surface area (Å²) in [5, 5.41) is 13.1. The lowest BCUT2D eigenvalue weighted by Crippen LogP contribution is -2.53. The second-order valence-corrected chi connectivity index (χ2v) is 10.4. The van der Waals surface area contributed by atoms with Crippen molar-refractivity contribution in [1.82, 2.24) is 26.2 Å². The van der Waals surface area contributed by atoms with Crippen LogP contribution in [0.2, 0.25) is 0 Å². The van der Waals surface area contributed by atoms with E-state index in [0.717, 1.165) is 54.2 Å². The molecule has 200 valence electrons. The van der Waals surface area contributed by atoms with E-state index in [2.05, 4.69) is 27.3 Å². The molecule has 3 aliphatic heterocycles. The molecule has 0 bridgehead atoms. The van der Waals surface area contributed by atoms with Crippen molar-refractivity contribution in [2.24, 2.45) is 5.92 Å². The number of imide groups is 1. The van der Waals surface area contributed by atoms with Crippen LogP contribution in [0.25, 0.3) is 11.0 Å². The van der Waals surface area contributed by atoms with E-state index < -0.39 is 17.5 Å². The summed E-state index contributed by atoms with van der Waals surface area (Å²) in [5.74, 6) is 2.14. The predicted octanol–water partition coefficient (Wildman–Crippen LogP) is 2.42. The Morgan fingerprint density at radius 1 is 1.13 bits per heavy atom. The van der Waals surface area contributed by atoms with Crippen LogP contribution in [0.15, 0.2) is 46.9 Å². The standard InChI is InChI=1S/C28H33N5O5/c1-36-22-4-3-20-15-33(17-37-24(20)12-22)16-28(26(34)31-27(35)32-28)25-11-21-10-19(2-5-23(21)38-25)14-30-13-18-6-8-29-9-7-18/h2-5,10-12,18,29-30H,6-9,13-17H2,1H3,(H2,31,32,34,35)/t28-/m0/s1. The molecule has 38 heavy (non-hydrogen) atoms. The van der Waals surface area contributed by atoms with E-state index in [1.807, 2.05) is 41.3 Å². The van der Waals surface area contributed by atoms with E-state index in [1.165, 1.54) is 12.8 Å². The Morgan fingerprint density at radius 2 is 2.00 bits per heavy atom. The van der Waals surface area contributed by atoms with Gasteiger partial charge in [0, 0.05) is 36.7 Å². The van der Waals surface area contributed by atoms with Crippen molar-refractivity contribution in [1.29, 1.82) is 0 Å². The second-order valence-electron chi connectivity index (χ2n) is 10.4. The summed E-state index contributed by atoms with van der Waals surface area (Å²) in [6, 6.07) is 13.0. The smallest absolute Gasteiger partial charge is 0.322 e. The molecule has 3 aromatic rings. The van der Waals surface area contributed by atoms with Gasteiger partial charge in [0.1, 0.15) is 29.6 Å². The van der Waals surface area contributed by atoms with Gasteiger partial charge in [-0.15, -0.1) is 0 Å². The maximum atomic E-state index is 13.2. The largest absolute Gasteiger partial charge is 0.497 e. The number of urea groups is 1. The Balaban J connectivity index is 1.21. The predicted molar refractivity (Wildman–Crippen MR) is 141 cm³/mol. The highest BCUT2D eigenvalue weighted by molar-refractivity contribution is 6.07. The first-order valence-corrected chi connectivity index (χ1v) is 13.1. The number of nitrogens with zero attached hydrogens (tertiary/aromatic N) is 1. The zero-order valence-electron chi connectivity index (χ0n) is 21.5. The normalized spacial score (nSPS) is 22.1. The van der Waals surface area contributed by atoms with Crippen LogP contribution in [0, 0.1) is 5.92 Å². The van der Waals surface area contributed by atoms with Crippen molar-refractivity contribution in [3.63, 3.8) is 0 Å². The third-order valence-electron chi connectivity index (χ3n) is 7.70. The van der Waals surface area contributed by atoms with Crippen LogP contribution in [0.5, 0.6) is 11.5 Å². The van der Waals surface area contributed by atoms with E-state index in [-0.39, 0.29) is 13.3 Å². The van der Waals surface area contributed by atoms with Gasteiger partial charge < -0.3 is 29.8 Å². The maximum Gasteiger partial charge on any atom is 0.322 e. The fourth-order valence-corrected chi connectivity index (χ4v) is 5.59. The number of piperidine rings is 1. The maximum absolute atomic E-state index is 13.2. The molecule has 0 spiro atoms. The van der Waals surface area contributed by atoms with E-state index in [1.54, 1.807) is 7.11 Å². The lowest BCUT2D eigenvalue weighted by molar-refractivity contribution is -0.126. The van der Waals surface area contributed by atoms with E-state index in [9.17, 15) is 9.59 Å². The molecule has 10 nitrogen and oxygen atoms in total. The summed E-state index contributed by atoms with van der Waals surface area (Å²) < 4.78 is 17.4. The molecule has 4 N–H and O–H groups in total. The SMILES string of the molecule is COc1ccc2c(c1)OCN(C[C@@]1(c3cc4cc(CNCC5CCNCC5)ccc4o3)NC(=O)NC1=O)C2. The van der Waals surface area contributed by atoms with Gasteiger partial charge in [-0.2, -0.15) is 0 Å². The number of nitrogens with one attached hydrogen (secondary N) is 4. The van der Waals surface area contributed by atoms with Crippen LogP contribution in [-0.4, -0.2) is 56.9 Å². The first kappa shape index (κ1) is 24.7. The highest BCUT2D eigenvalue weighted by Crippen LogP contribution is 2.35. The van der Waals surface area contributed by atoms with Crippen LogP contribution >= 0.6 is 0 Å². The Hall–Kier alpha value is -3.60. The van der Waals surface area contributed by atoms with Gasteiger partial charge in [-0.25, -0.2) is 4.79 Å². The second kappa shape index (κ2) is 10.3. The number of hydrogen-bond donors (Lipinski definition) is 4. The Morgan fingerprint density at radius 3 is 2.79 bits per heavy atom. The minimum atomic E-state index is -1.36. The first-order valence-electron chi connectivity index (χ1n) is 13.1. The molecule has 10 heteroatoms. The van der Waals surface area contributed by atoms with Crippen molar-refractivity contribution >= 4 is 22.9 Å². The van der Waals surface area contributed by atoms with Crippen LogP contribution in [0.4, 0.5) is 4.79 Å². The van der Waals surface area contributed by atoms with Crippen LogP contribution in [0.3, 0.4) is 0 Å². The Labute approximate surface area is 221 Å². The van der Waals surface area contributed by atoms with Crippen molar-refractivity contribution in [3.8, 4) is 11.5 Å². The summed E-state index contributed by atoms with van der Waals surface area (Å²) >= 11 is 0. The minimum Gasteiger partial charge on any atom is -0.497 e. The van der Waals surface area contributed by atoms with Crippen molar-refractivity contribution in [3.05, 3.63) is 59.4 Å². The lowest BCUT2D eigenvalue weighted by atomic mass is 9.94. The van der Waals surface area contributed by atoms with Crippen LogP contribution in [-0.2, 0) is 23.4 Å². The molecular formula is C28H33N5O5. The average Bonchev–Trinajstić information content (AvgIpc) is 3.49. The highest BCUT2D eigenvalue weighted by Gasteiger charge is 2.51. The van der Waals surface area contributed by atoms with Gasteiger partial charge in [0.05, 0.1) is 7.11 Å². The van der Waals surface area contributed by atoms with E-state index in [0.29, 0.717) is 23.8 Å². The zero-order valence-corrected chi connectivity index (χ0v) is 21.5. The number of methoxy groups -OCH3 is 1. The number of benzene rings is 2. The lowest BCUT2D eigenvalue weighted by Gasteiger charge is -2.34. The van der Waals surface area contributed by atoms with Gasteiger partial charge in [0.25, 0.3) is 5.91 Å². The van der Waals surface area contributed by atoms with Crippen LogP contribution in [0.1, 0.15) is 29.7 Å². The van der Waals surface area contributed by atoms with Gasteiger partial charge in [0.15, 0.2) is 5.54 Å². The van der Waals surface area contributed by atoms with E-state index >= 15 is 0 Å². The molecule has 0 unspecified atom stereocenters. The molecule has 0 saturated carbocycles. The first-order chi connectivity index (χ1) is 18.5. The summed E-state index contributed by atoms with van der Waals surface area (Å²) in [6.07, 6.45) is 2.41. The molecule has 3 amide bonds. The molecule has 0 aliphatic carbocycles. The number of ether oxygens (including phenoxy) is 2. The fraction of sp³-hybridized carbons (Fsp3) is 0.429. The number of rotatable bonds is 8. The molecule has 1 atom stereocenters. The van der Waals surface area contributed by atoms with Gasteiger partial charge in [0.2, 0.25) is 0 Å². The van der Waals surface area contributed by atoms with Gasteiger partial charge in [-0.1, -0.05) is 12.1 Å². The third-order valence-corrected chi connectivity index (χ3v) is 7.70. The molecule has 2 aromatic carbocycles. The number of fused-ring (bicyclic) bond motifs is 2. The number of hydrogen-bond acceptors (Lipinski definition) is 8. The third kappa shape index (κ3) is 4.82. The fourth-order valence-electron chi connectivity index (χ4n) is 5.59. The average molecular weight is 520 g/mol. The van der Waals surface area contributed by atoms with Gasteiger partial charge in [-0.3, -0.25) is 15.0 Å². The monoisotopic (exact) mass is 519 g/mol. The minimum absolute atomic E-state index is 0.195. The summed E-state index contributed by atoms with van der Waals surface area (Å²) in [4.78, 5) is 27.5. The summed E-state index contributed by atoms with van der Waals surface area (Å²) in [5.41, 5.74) is 1.42. The molecule has 6 rings (SSSR count). The summed E-state index contributed by atoms with van der Waals surface area (Å²) in [7, 11) is 1.62. The van der Waals surface area contributed by atoms with Crippen molar-refractivity contribution < 1.29 is 23.5 Å². The molecule has 2 fully saturated rings. The molecule has 3 aliphatic rings. The number of carbonyl (C=O) groups is 2. The number of amides is 3. The van der Waals surface area contributed by atoms with Crippen molar-refractivity contribution in [2.45, 2.75) is 31.5 Å². The highest BCUT2D eigenvalue weighted by atomic mass is 16.5. The van der Waals surface area contributed by atoms with Gasteiger partial charge >= 0.3 is 6.03 Å². The quantitative estimate of drug-likeness (QED) is 0.335. The number of carbonyl (C=O) groups excluding carboxylic acids is 2. The molecule has 4 heterocycles.